The molecule has 5 heteroatoms. The summed E-state index contributed by atoms with van der Waals surface area (Å²) in [4.78, 5) is 14.8. The maximum Gasteiger partial charge on any atom is 0.253 e. The molecule has 0 atom stereocenters. The van der Waals surface area contributed by atoms with Crippen molar-refractivity contribution in [3.05, 3.63) is 51.3 Å². The lowest BCUT2D eigenvalue weighted by Crippen LogP contribution is -2.31. The molecule has 1 aliphatic rings. The van der Waals surface area contributed by atoms with Gasteiger partial charge >= 0.3 is 0 Å². The van der Waals surface area contributed by atoms with Crippen LogP contribution in [0.25, 0.3) is 0 Å². The molecule has 0 unspecified atom stereocenters. The fourth-order valence-electron chi connectivity index (χ4n) is 3.26. The smallest absolute Gasteiger partial charge is 0.253 e. The number of carbonyl (C=O) groups is 1. The first-order valence-electron chi connectivity index (χ1n) is 8.64. The van der Waals surface area contributed by atoms with E-state index >= 15 is 0 Å². The van der Waals surface area contributed by atoms with Gasteiger partial charge < -0.3 is 4.90 Å². The molecule has 0 aliphatic carbocycles. The number of carbonyl (C=O) groups excluding carboxylic acids is 1. The zero-order valence-corrected chi connectivity index (χ0v) is 16.0. The third-order valence-corrected chi connectivity index (χ3v) is 5.84. The Bertz CT molecular complexity index is 730. The number of aryl methyl sites for hydroxylation is 1. The molecule has 0 radical (unpaired) electrons. The maximum atomic E-state index is 12.8. The highest BCUT2D eigenvalue weighted by atomic mass is 79.9. The summed E-state index contributed by atoms with van der Waals surface area (Å²) in [5.41, 5.74) is 3.99. The van der Waals surface area contributed by atoms with Crippen molar-refractivity contribution < 1.29 is 4.79 Å². The molecule has 1 aromatic heterocycles. The second kappa shape index (κ2) is 7.51. The highest BCUT2D eigenvalue weighted by Crippen LogP contribution is 2.21. The predicted octanol–water partition coefficient (Wildman–Crippen LogP) is 4.33. The van der Waals surface area contributed by atoms with Crippen molar-refractivity contribution in [3.8, 4) is 0 Å². The summed E-state index contributed by atoms with van der Waals surface area (Å²) in [6.45, 7) is 6.49. The number of rotatable bonds is 3. The van der Waals surface area contributed by atoms with E-state index in [4.69, 9.17) is 0 Å². The van der Waals surface area contributed by atoms with Crippen LogP contribution < -0.4 is 0 Å². The topological polar surface area (TPSA) is 38.1 Å². The fraction of sp³-hybridized carbons (Fsp3) is 0.474. The molecular formula is C19H24BrN3O. The molecule has 0 spiro atoms. The third-order valence-electron chi connectivity index (χ3n) is 4.69. The molecular weight excluding hydrogens is 366 g/mol. The highest BCUT2D eigenvalue weighted by molar-refractivity contribution is 9.10. The molecule has 0 N–H and O–H groups in total. The fourth-order valence-corrected chi connectivity index (χ4v) is 3.54. The Balaban J connectivity index is 1.78. The lowest BCUT2D eigenvalue weighted by atomic mass is 10.1. The van der Waals surface area contributed by atoms with E-state index in [1.807, 2.05) is 34.7 Å². The maximum absolute atomic E-state index is 12.8. The van der Waals surface area contributed by atoms with E-state index in [-0.39, 0.29) is 5.91 Å². The Morgan fingerprint density at radius 2 is 1.88 bits per heavy atom. The Morgan fingerprint density at radius 3 is 2.50 bits per heavy atom. The molecule has 1 amide bonds. The van der Waals surface area contributed by atoms with Crippen LogP contribution in [0.15, 0.2) is 28.7 Å². The molecule has 0 saturated carbocycles. The summed E-state index contributed by atoms with van der Waals surface area (Å²) in [5, 5.41) is 4.56. The first kappa shape index (κ1) is 17.2. The van der Waals surface area contributed by atoms with E-state index in [1.54, 1.807) is 0 Å². The standard InChI is InChI=1S/C19H24BrN3O/c1-14-18(20)15(2)23(21-14)13-16-8-7-9-17(12-16)19(24)22-10-5-3-4-6-11-22/h7-9,12H,3-6,10-11,13H2,1-2H3. The summed E-state index contributed by atoms with van der Waals surface area (Å²) in [6.07, 6.45) is 4.70. The van der Waals surface area contributed by atoms with Gasteiger partial charge in [-0.3, -0.25) is 9.48 Å². The first-order valence-corrected chi connectivity index (χ1v) is 9.43. The van der Waals surface area contributed by atoms with Crippen LogP contribution in [0.3, 0.4) is 0 Å². The lowest BCUT2D eigenvalue weighted by molar-refractivity contribution is 0.0761. The van der Waals surface area contributed by atoms with Gasteiger partial charge in [0.15, 0.2) is 0 Å². The van der Waals surface area contributed by atoms with E-state index in [0.29, 0.717) is 6.54 Å². The Morgan fingerprint density at radius 1 is 1.17 bits per heavy atom. The van der Waals surface area contributed by atoms with Crippen LogP contribution in [0.5, 0.6) is 0 Å². The summed E-state index contributed by atoms with van der Waals surface area (Å²) >= 11 is 3.57. The average molecular weight is 390 g/mol. The van der Waals surface area contributed by atoms with E-state index < -0.39 is 0 Å². The molecule has 4 nitrogen and oxygen atoms in total. The molecule has 1 saturated heterocycles. The SMILES string of the molecule is Cc1nn(Cc2cccc(C(=O)N3CCCCCC3)c2)c(C)c1Br. The average Bonchev–Trinajstić information content (AvgIpc) is 2.82. The van der Waals surface area contributed by atoms with E-state index in [0.717, 1.165) is 52.9 Å². The minimum Gasteiger partial charge on any atom is -0.339 e. The summed E-state index contributed by atoms with van der Waals surface area (Å²) in [5.74, 6) is 0.160. The Hall–Kier alpha value is -1.62. The minimum absolute atomic E-state index is 0.160. The van der Waals surface area contributed by atoms with Crippen LogP contribution in [0.2, 0.25) is 0 Å². The van der Waals surface area contributed by atoms with Crippen molar-refractivity contribution in [2.75, 3.05) is 13.1 Å². The largest absolute Gasteiger partial charge is 0.339 e. The van der Waals surface area contributed by atoms with Gasteiger partial charge in [0.05, 0.1) is 22.4 Å². The number of amides is 1. The van der Waals surface area contributed by atoms with Crippen LogP contribution in [-0.2, 0) is 6.54 Å². The summed E-state index contributed by atoms with van der Waals surface area (Å²) in [7, 11) is 0. The molecule has 2 aromatic rings. The number of aromatic nitrogens is 2. The molecule has 24 heavy (non-hydrogen) atoms. The van der Waals surface area contributed by atoms with Gasteiger partial charge in [-0.15, -0.1) is 0 Å². The second-order valence-corrected chi connectivity index (χ2v) is 7.34. The molecule has 2 heterocycles. The molecule has 3 rings (SSSR count). The zero-order valence-electron chi connectivity index (χ0n) is 14.4. The first-order chi connectivity index (χ1) is 11.6. The third kappa shape index (κ3) is 3.72. The molecule has 128 valence electrons. The van der Waals surface area contributed by atoms with E-state index in [9.17, 15) is 4.79 Å². The van der Waals surface area contributed by atoms with Gasteiger partial charge in [-0.2, -0.15) is 5.10 Å². The number of hydrogen-bond acceptors (Lipinski definition) is 2. The van der Waals surface area contributed by atoms with E-state index in [2.05, 4.69) is 34.0 Å². The Labute approximate surface area is 152 Å². The van der Waals surface area contributed by atoms with Crippen molar-refractivity contribution >= 4 is 21.8 Å². The van der Waals surface area contributed by atoms with Crippen LogP contribution >= 0.6 is 15.9 Å². The van der Waals surface area contributed by atoms with Crippen molar-refractivity contribution in [2.24, 2.45) is 0 Å². The summed E-state index contributed by atoms with van der Waals surface area (Å²) in [6, 6.07) is 7.97. The van der Waals surface area contributed by atoms with Gasteiger partial charge in [0.2, 0.25) is 0 Å². The molecule has 1 fully saturated rings. The van der Waals surface area contributed by atoms with Gasteiger partial charge in [0.1, 0.15) is 0 Å². The highest BCUT2D eigenvalue weighted by Gasteiger charge is 2.17. The van der Waals surface area contributed by atoms with Crippen molar-refractivity contribution in [2.45, 2.75) is 46.1 Å². The van der Waals surface area contributed by atoms with Gasteiger partial charge in [-0.05, 0) is 60.3 Å². The van der Waals surface area contributed by atoms with E-state index in [1.165, 1.54) is 12.8 Å². The van der Waals surface area contributed by atoms with Crippen LogP contribution in [0.4, 0.5) is 0 Å². The normalized spacial score (nSPS) is 15.4. The monoisotopic (exact) mass is 389 g/mol. The summed E-state index contributed by atoms with van der Waals surface area (Å²) < 4.78 is 3.04. The van der Waals surface area contributed by atoms with Crippen LogP contribution in [0.1, 0.15) is 53.0 Å². The van der Waals surface area contributed by atoms with Gasteiger partial charge in [0, 0.05) is 18.7 Å². The van der Waals surface area contributed by atoms with Gasteiger partial charge in [0.25, 0.3) is 5.91 Å². The van der Waals surface area contributed by atoms with Crippen LogP contribution in [0, 0.1) is 13.8 Å². The number of benzene rings is 1. The Kier molecular flexibility index (Phi) is 5.39. The molecule has 1 aromatic carbocycles. The molecule has 1 aliphatic heterocycles. The second-order valence-electron chi connectivity index (χ2n) is 6.55. The quantitative estimate of drug-likeness (QED) is 0.783. The van der Waals surface area contributed by atoms with Gasteiger partial charge in [-0.25, -0.2) is 0 Å². The number of likely N-dealkylation sites (tertiary alicyclic amines) is 1. The van der Waals surface area contributed by atoms with Crippen LogP contribution in [-0.4, -0.2) is 33.7 Å². The number of nitrogens with zero attached hydrogens (tertiary/aromatic N) is 3. The van der Waals surface area contributed by atoms with Crippen molar-refractivity contribution in [1.29, 1.82) is 0 Å². The van der Waals surface area contributed by atoms with Crippen molar-refractivity contribution in [1.82, 2.24) is 14.7 Å². The predicted molar refractivity (Wildman–Crippen MR) is 99.3 cm³/mol. The number of hydrogen-bond donors (Lipinski definition) is 0. The van der Waals surface area contributed by atoms with Gasteiger partial charge in [-0.1, -0.05) is 25.0 Å². The molecule has 0 bridgehead atoms. The lowest BCUT2D eigenvalue weighted by Gasteiger charge is -2.20. The number of halogens is 1. The zero-order chi connectivity index (χ0) is 17.1. The minimum atomic E-state index is 0.160. The van der Waals surface area contributed by atoms with Crippen molar-refractivity contribution in [3.63, 3.8) is 0 Å².